The van der Waals surface area contributed by atoms with Crippen molar-refractivity contribution in [3.8, 4) is 0 Å². The number of hydrogen-bond acceptors (Lipinski definition) is 0. The molecule has 0 nitrogen and oxygen atoms in total. The molecule has 0 amide bonds. The molecule has 0 atom stereocenters. The van der Waals surface area contributed by atoms with Crippen molar-refractivity contribution in [3.05, 3.63) is 6.92 Å². The summed E-state index contributed by atoms with van der Waals surface area (Å²) in [7, 11) is 0. The first kappa shape index (κ1) is 10.8. The summed E-state index contributed by atoms with van der Waals surface area (Å²) in [6.45, 7) is 3.07. The van der Waals surface area contributed by atoms with E-state index in [2.05, 4.69) is 6.92 Å². The van der Waals surface area contributed by atoms with Gasteiger partial charge in [-0.15, -0.1) is 34.8 Å². The molecule has 0 rings (SSSR count). The summed E-state index contributed by atoms with van der Waals surface area (Å²) in [5.74, 6) is 0. The fraction of sp³-hybridized carbons (Fsp3) is 0.500. The first-order valence-electron chi connectivity index (χ1n) is 0.921. The molecule has 0 unspecified atom stereocenters. The molecule has 0 aliphatic carbocycles. The maximum absolute atomic E-state index is 4.95. The van der Waals surface area contributed by atoms with Gasteiger partial charge in [0.1, 0.15) is 0 Å². The molecule has 0 fully saturated rings. The van der Waals surface area contributed by atoms with Crippen LogP contribution in [0.4, 0.5) is 0 Å². The van der Waals surface area contributed by atoms with Crippen LogP contribution < -0.4 is 29.6 Å². The molecule has 0 aromatic heterocycles. The Hall–Kier alpha value is 1.87. The number of alkyl halides is 3. The summed E-state index contributed by atoms with van der Waals surface area (Å²) < 4.78 is -1.33. The number of hydrogen-bond donors (Lipinski definition) is 0. The van der Waals surface area contributed by atoms with E-state index in [1.807, 2.05) is 0 Å². The number of rotatable bonds is 0. The van der Waals surface area contributed by atoms with Crippen LogP contribution in [0.1, 0.15) is 0 Å². The van der Waals surface area contributed by atoms with Crippen LogP contribution in [0, 0.1) is 6.92 Å². The Bertz CT molecular complexity index is 24.3. The molecule has 0 aromatic carbocycles. The van der Waals surface area contributed by atoms with Crippen LogP contribution in [0.15, 0.2) is 0 Å². The molecular formula is C2H2Cl3Na. The van der Waals surface area contributed by atoms with Gasteiger partial charge in [-0.3, -0.25) is 6.92 Å². The van der Waals surface area contributed by atoms with Crippen molar-refractivity contribution in [2.75, 3.05) is 0 Å². The minimum absolute atomic E-state index is 0. The third kappa shape index (κ3) is 39.8. The zero-order valence-electron chi connectivity index (χ0n) is 3.34. The zero-order valence-corrected chi connectivity index (χ0v) is 7.61. The summed E-state index contributed by atoms with van der Waals surface area (Å²) in [6.07, 6.45) is 0. The first-order valence-corrected chi connectivity index (χ1v) is 2.05. The van der Waals surface area contributed by atoms with E-state index in [0.717, 1.165) is 0 Å². The fourth-order valence-corrected chi connectivity index (χ4v) is 0. The predicted molar refractivity (Wildman–Crippen MR) is 25.6 cm³/mol. The topological polar surface area (TPSA) is 0 Å². The average Bonchev–Trinajstić information content (AvgIpc) is 0.722. The van der Waals surface area contributed by atoms with Crippen LogP contribution in [0.25, 0.3) is 0 Å². The summed E-state index contributed by atoms with van der Waals surface area (Å²) in [5, 5.41) is 0. The maximum atomic E-state index is 4.95. The largest absolute Gasteiger partial charge is 1.00 e. The second kappa shape index (κ2) is 3.82. The number of halogens is 3. The summed E-state index contributed by atoms with van der Waals surface area (Å²) in [4.78, 5) is 0. The van der Waals surface area contributed by atoms with Crippen LogP contribution in [0.3, 0.4) is 0 Å². The summed E-state index contributed by atoms with van der Waals surface area (Å²) in [6, 6.07) is 0. The minimum Gasteiger partial charge on any atom is -0.293 e. The van der Waals surface area contributed by atoms with Crippen molar-refractivity contribution in [2.24, 2.45) is 0 Å². The van der Waals surface area contributed by atoms with Crippen LogP contribution >= 0.6 is 34.8 Å². The second-order valence-corrected chi connectivity index (χ2v) is 3.13. The average molecular weight is 155 g/mol. The van der Waals surface area contributed by atoms with E-state index in [1.54, 1.807) is 0 Å². The van der Waals surface area contributed by atoms with Gasteiger partial charge in [-0.05, 0) is 0 Å². The van der Waals surface area contributed by atoms with Crippen molar-refractivity contribution < 1.29 is 29.6 Å². The molecular weight excluding hydrogens is 153 g/mol. The molecule has 0 heterocycles. The summed E-state index contributed by atoms with van der Waals surface area (Å²) in [5.41, 5.74) is 0. The van der Waals surface area contributed by atoms with Gasteiger partial charge in [-0.2, -0.15) is 0 Å². The molecule has 0 aromatic rings. The fourth-order valence-electron chi connectivity index (χ4n) is 0. The smallest absolute Gasteiger partial charge is 0.293 e. The Morgan fingerprint density at radius 3 is 1.17 bits per heavy atom. The van der Waals surface area contributed by atoms with Crippen molar-refractivity contribution in [2.45, 2.75) is 3.79 Å². The Balaban J connectivity index is 0. The Morgan fingerprint density at radius 2 is 1.17 bits per heavy atom. The molecule has 32 valence electrons. The normalized spacial score (nSPS) is 10.0. The molecule has 0 N–H and O–H groups in total. The Morgan fingerprint density at radius 1 is 1.17 bits per heavy atom. The van der Waals surface area contributed by atoms with Gasteiger partial charge in [0.15, 0.2) is 0 Å². The monoisotopic (exact) mass is 154 g/mol. The molecule has 0 saturated heterocycles. The van der Waals surface area contributed by atoms with Gasteiger partial charge in [0.05, 0.1) is 3.79 Å². The van der Waals surface area contributed by atoms with Gasteiger partial charge in [0.25, 0.3) is 0 Å². The van der Waals surface area contributed by atoms with E-state index < -0.39 is 3.79 Å². The first-order chi connectivity index (χ1) is 2.00. The van der Waals surface area contributed by atoms with E-state index in [-0.39, 0.29) is 29.6 Å². The molecule has 0 bridgehead atoms. The van der Waals surface area contributed by atoms with Crippen molar-refractivity contribution >= 4 is 34.8 Å². The van der Waals surface area contributed by atoms with Crippen LogP contribution in [-0.4, -0.2) is 3.79 Å². The van der Waals surface area contributed by atoms with Crippen molar-refractivity contribution in [3.63, 3.8) is 0 Å². The Labute approximate surface area is 74.4 Å². The predicted octanol–water partition coefficient (Wildman–Crippen LogP) is -0.805. The van der Waals surface area contributed by atoms with E-state index in [1.165, 1.54) is 0 Å². The van der Waals surface area contributed by atoms with Crippen LogP contribution in [-0.2, 0) is 0 Å². The van der Waals surface area contributed by atoms with Gasteiger partial charge >= 0.3 is 29.6 Å². The van der Waals surface area contributed by atoms with E-state index >= 15 is 0 Å². The van der Waals surface area contributed by atoms with Gasteiger partial charge in [-0.1, -0.05) is 0 Å². The summed E-state index contributed by atoms with van der Waals surface area (Å²) >= 11 is 14.8. The molecule has 6 heavy (non-hydrogen) atoms. The molecule has 0 aliphatic rings. The van der Waals surface area contributed by atoms with Crippen molar-refractivity contribution in [1.29, 1.82) is 0 Å². The van der Waals surface area contributed by atoms with E-state index in [4.69, 9.17) is 34.8 Å². The minimum atomic E-state index is -1.33. The molecule has 0 radical (unpaired) electrons. The standard InChI is InChI=1S/C2H2Cl3.Na/c1-2(3,4)5;/h1H2;/q-1;+1. The van der Waals surface area contributed by atoms with Gasteiger partial charge in [0.2, 0.25) is 0 Å². The third-order valence-corrected chi connectivity index (χ3v) is 0. The quantitative estimate of drug-likeness (QED) is 0.244. The van der Waals surface area contributed by atoms with E-state index in [9.17, 15) is 0 Å². The van der Waals surface area contributed by atoms with Crippen LogP contribution in [0.2, 0.25) is 0 Å². The van der Waals surface area contributed by atoms with Crippen molar-refractivity contribution in [1.82, 2.24) is 0 Å². The molecule has 0 spiro atoms. The van der Waals surface area contributed by atoms with Gasteiger partial charge < -0.3 is 0 Å². The van der Waals surface area contributed by atoms with E-state index in [0.29, 0.717) is 0 Å². The second-order valence-electron chi connectivity index (χ2n) is 0.615. The SMILES string of the molecule is [CH2-]C(Cl)(Cl)Cl.[Na+]. The Kier molecular flexibility index (Phi) is 6.87. The maximum Gasteiger partial charge on any atom is 1.00 e. The molecule has 4 heteroatoms. The third-order valence-electron chi connectivity index (χ3n) is 0. The van der Waals surface area contributed by atoms with Gasteiger partial charge in [0, 0.05) is 0 Å². The molecule has 0 aliphatic heterocycles. The van der Waals surface area contributed by atoms with Crippen LogP contribution in [0.5, 0.6) is 0 Å². The van der Waals surface area contributed by atoms with Gasteiger partial charge in [-0.25, -0.2) is 0 Å². The zero-order chi connectivity index (χ0) is 4.50. The molecule has 0 saturated carbocycles.